The molecule has 0 radical (unpaired) electrons. The van der Waals surface area contributed by atoms with Gasteiger partial charge in [0.05, 0.1) is 34.9 Å². The molecule has 0 unspecified atom stereocenters. The molecule has 0 amide bonds. The molecule has 1 aliphatic rings. The largest absolute Gasteiger partial charge is 0.507 e. The van der Waals surface area contributed by atoms with Gasteiger partial charge in [-0.15, -0.1) is 35.4 Å². The van der Waals surface area contributed by atoms with Gasteiger partial charge >= 0.3 is 0 Å². The van der Waals surface area contributed by atoms with E-state index in [1.807, 2.05) is 60.7 Å². The molecule has 1 N–H and O–H groups in total. The maximum atomic E-state index is 10.8. The van der Waals surface area contributed by atoms with Gasteiger partial charge in [-0.2, -0.15) is 0 Å². The molecule has 0 fully saturated rings. The van der Waals surface area contributed by atoms with Gasteiger partial charge < -0.3 is 9.84 Å². The fourth-order valence-electron chi connectivity index (χ4n) is 6.51. The average molecular weight is 764 g/mol. The predicted octanol–water partition coefficient (Wildman–Crippen LogP) is 8.23. The molecule has 6 heteroatoms. The zero-order chi connectivity index (χ0) is 29.7. The molecule has 0 spiro atoms. The van der Waals surface area contributed by atoms with Crippen molar-refractivity contribution in [3.05, 3.63) is 162 Å². The summed E-state index contributed by atoms with van der Waals surface area (Å²) in [4.78, 5) is 14.9. The van der Waals surface area contributed by atoms with E-state index in [1.165, 1.54) is 0 Å². The summed E-state index contributed by atoms with van der Waals surface area (Å²) >= 11 is 0. The Labute approximate surface area is 275 Å². The van der Waals surface area contributed by atoms with Crippen molar-refractivity contribution < 1.29 is 30.9 Å². The van der Waals surface area contributed by atoms with Crippen molar-refractivity contribution in [1.29, 1.82) is 0 Å². The fraction of sp³-hybridized carbons (Fsp3) is 0.0513. The molecule has 0 atom stereocenters. The van der Waals surface area contributed by atoms with Crippen LogP contribution in [0.3, 0.4) is 0 Å². The minimum absolute atomic E-state index is 0. The van der Waals surface area contributed by atoms with Gasteiger partial charge in [0.2, 0.25) is 0 Å². The van der Waals surface area contributed by atoms with E-state index in [4.69, 9.17) is 14.7 Å². The van der Waals surface area contributed by atoms with Crippen molar-refractivity contribution in [1.82, 2.24) is 15.0 Å². The maximum absolute atomic E-state index is 10.8. The first-order valence-electron chi connectivity index (χ1n) is 14.5. The van der Waals surface area contributed by atoms with E-state index in [0.29, 0.717) is 17.0 Å². The minimum Gasteiger partial charge on any atom is -0.507 e. The Bertz CT molecular complexity index is 2170. The number of rotatable bonds is 5. The molecule has 45 heavy (non-hydrogen) atoms. The standard InChI is InChI=1S/C39H26N3O2.Pt/c1-44-27-22-35(30-15-4-9-20-37(30)43)42-38(23-27)39(31-16-5-2-13-28(31)29-14-3-6-17-32(29)39)26-12-10-11-25(21-26)36-24-40-33-18-7-8-19-34(33)41-36;/h2-20,22-24,43H,1H3;/q-1;. The summed E-state index contributed by atoms with van der Waals surface area (Å²) < 4.78 is 5.86. The summed E-state index contributed by atoms with van der Waals surface area (Å²) in [6.45, 7) is 0. The third-order valence-corrected chi connectivity index (χ3v) is 8.47. The van der Waals surface area contributed by atoms with Crippen molar-refractivity contribution in [3.8, 4) is 45.1 Å². The number of aromatic hydroxyl groups is 1. The summed E-state index contributed by atoms with van der Waals surface area (Å²) in [6, 6.07) is 45.9. The number of phenolic OH excluding ortho intramolecular Hbond substituents is 1. The first-order valence-corrected chi connectivity index (χ1v) is 14.5. The van der Waals surface area contributed by atoms with Crippen LogP contribution in [0.1, 0.15) is 22.4 Å². The second-order valence-electron chi connectivity index (χ2n) is 10.9. The summed E-state index contributed by atoms with van der Waals surface area (Å²) in [5.74, 6) is 0.801. The van der Waals surface area contributed by atoms with Crippen LogP contribution in [0.25, 0.3) is 44.7 Å². The number of methoxy groups -OCH3 is 1. The van der Waals surface area contributed by atoms with E-state index in [0.717, 1.165) is 55.8 Å². The molecule has 0 aliphatic heterocycles. The maximum Gasteiger partial charge on any atom is 0.124 e. The third kappa shape index (κ3) is 4.54. The van der Waals surface area contributed by atoms with E-state index in [-0.39, 0.29) is 26.8 Å². The monoisotopic (exact) mass is 763 g/mol. The van der Waals surface area contributed by atoms with Crippen LogP contribution in [0.15, 0.2) is 134 Å². The second kappa shape index (κ2) is 11.4. The molecule has 8 rings (SSSR count). The Hall–Kier alpha value is -5.12. The molecule has 0 saturated carbocycles. The van der Waals surface area contributed by atoms with Gasteiger partial charge in [0.25, 0.3) is 0 Å². The molecule has 220 valence electrons. The SMILES string of the molecule is COc1cc(-c2ccccc2O)nc(C2(c3[c-]c(-c4cnc5ccccc5n4)ccc3)c3ccccc3-c3ccccc32)c1.[Pt]. The minimum atomic E-state index is -0.832. The van der Waals surface area contributed by atoms with Gasteiger partial charge in [0.1, 0.15) is 11.5 Å². The van der Waals surface area contributed by atoms with Gasteiger partial charge in [0.15, 0.2) is 0 Å². The van der Waals surface area contributed by atoms with Crippen LogP contribution in [0.5, 0.6) is 11.5 Å². The summed E-state index contributed by atoms with van der Waals surface area (Å²) in [7, 11) is 1.65. The zero-order valence-corrected chi connectivity index (χ0v) is 26.5. The molecule has 0 saturated heterocycles. The number of ether oxygens (including phenoxy) is 1. The Morgan fingerprint density at radius 3 is 2.00 bits per heavy atom. The van der Waals surface area contributed by atoms with Crippen LogP contribution in [0.2, 0.25) is 0 Å². The van der Waals surface area contributed by atoms with Crippen molar-refractivity contribution in [2.24, 2.45) is 0 Å². The van der Waals surface area contributed by atoms with Crippen LogP contribution < -0.4 is 4.74 Å². The van der Waals surface area contributed by atoms with Crippen molar-refractivity contribution in [2.75, 3.05) is 7.11 Å². The Morgan fingerprint density at radius 2 is 1.29 bits per heavy atom. The zero-order valence-electron chi connectivity index (χ0n) is 24.2. The van der Waals surface area contributed by atoms with Crippen LogP contribution in [0.4, 0.5) is 0 Å². The van der Waals surface area contributed by atoms with E-state index >= 15 is 0 Å². The molecule has 7 aromatic rings. The van der Waals surface area contributed by atoms with E-state index in [2.05, 4.69) is 65.6 Å². The molecule has 5 aromatic carbocycles. The fourth-order valence-corrected chi connectivity index (χ4v) is 6.51. The number of phenols is 1. The molecule has 0 bridgehead atoms. The summed E-state index contributed by atoms with van der Waals surface area (Å²) in [5.41, 5.74) is 9.85. The van der Waals surface area contributed by atoms with Gasteiger partial charge in [-0.1, -0.05) is 72.8 Å². The normalized spacial score (nSPS) is 12.6. The van der Waals surface area contributed by atoms with Crippen LogP contribution in [-0.2, 0) is 26.5 Å². The molecule has 2 aromatic heterocycles. The molecule has 5 nitrogen and oxygen atoms in total. The van der Waals surface area contributed by atoms with E-state index in [1.54, 1.807) is 25.4 Å². The molecular weight excluding hydrogens is 738 g/mol. The predicted molar refractivity (Wildman–Crippen MR) is 173 cm³/mol. The van der Waals surface area contributed by atoms with Crippen molar-refractivity contribution in [3.63, 3.8) is 0 Å². The molecule has 1 aliphatic carbocycles. The Morgan fingerprint density at radius 1 is 0.644 bits per heavy atom. The number of para-hydroxylation sites is 3. The Balaban J connectivity index is 0.00000325. The number of benzene rings is 5. The van der Waals surface area contributed by atoms with E-state index in [9.17, 15) is 5.11 Å². The average Bonchev–Trinajstić information content (AvgIpc) is 3.39. The second-order valence-corrected chi connectivity index (χ2v) is 10.9. The van der Waals surface area contributed by atoms with Crippen molar-refractivity contribution >= 4 is 11.0 Å². The number of fused-ring (bicyclic) bond motifs is 4. The topological polar surface area (TPSA) is 68.1 Å². The van der Waals surface area contributed by atoms with Crippen LogP contribution in [-0.4, -0.2) is 27.2 Å². The Kier molecular flexibility index (Phi) is 7.27. The molecule has 2 heterocycles. The van der Waals surface area contributed by atoms with Gasteiger partial charge in [-0.3, -0.25) is 15.0 Å². The first-order chi connectivity index (χ1) is 21.7. The van der Waals surface area contributed by atoms with Gasteiger partial charge in [0, 0.05) is 50.7 Å². The number of hydrogen-bond acceptors (Lipinski definition) is 5. The van der Waals surface area contributed by atoms with Gasteiger partial charge in [-0.05, 0) is 46.5 Å². The number of aromatic nitrogens is 3. The third-order valence-electron chi connectivity index (χ3n) is 8.47. The van der Waals surface area contributed by atoms with Crippen LogP contribution >= 0.6 is 0 Å². The number of nitrogens with zero attached hydrogens (tertiary/aromatic N) is 3. The van der Waals surface area contributed by atoms with Crippen molar-refractivity contribution in [2.45, 2.75) is 5.41 Å². The quantitative estimate of drug-likeness (QED) is 0.179. The molecular formula is C39H26N3O2Pt-. The van der Waals surface area contributed by atoms with E-state index < -0.39 is 5.41 Å². The smallest absolute Gasteiger partial charge is 0.124 e. The van der Waals surface area contributed by atoms with Gasteiger partial charge in [-0.25, -0.2) is 0 Å². The number of pyridine rings is 1. The first kappa shape index (κ1) is 28.6. The number of hydrogen-bond donors (Lipinski definition) is 1. The summed E-state index contributed by atoms with van der Waals surface area (Å²) in [5, 5.41) is 10.8. The summed E-state index contributed by atoms with van der Waals surface area (Å²) in [6.07, 6.45) is 1.81. The van der Waals surface area contributed by atoms with Crippen LogP contribution in [0, 0.1) is 6.07 Å².